The molecular formula is C22H24ClN3O3. The van der Waals surface area contributed by atoms with E-state index in [-0.39, 0.29) is 36.7 Å². The number of amides is 3. The summed E-state index contributed by atoms with van der Waals surface area (Å²) in [7, 11) is 0. The van der Waals surface area contributed by atoms with Crippen molar-refractivity contribution >= 4 is 29.3 Å². The molecule has 0 radical (unpaired) electrons. The molecule has 1 heterocycles. The Hall–Kier alpha value is -2.86. The highest BCUT2D eigenvalue weighted by Crippen LogP contribution is 2.13. The molecule has 3 amide bonds. The summed E-state index contributed by atoms with van der Waals surface area (Å²) in [6.07, 6.45) is 1.70. The van der Waals surface area contributed by atoms with Gasteiger partial charge in [-0.25, -0.2) is 0 Å². The lowest BCUT2D eigenvalue weighted by atomic mass is 10.0. The lowest BCUT2D eigenvalue weighted by molar-refractivity contribution is -0.132. The third-order valence-electron chi connectivity index (χ3n) is 4.95. The van der Waals surface area contributed by atoms with Crippen LogP contribution < -0.4 is 10.6 Å². The van der Waals surface area contributed by atoms with Crippen LogP contribution in [0.25, 0.3) is 0 Å². The number of hydrogen-bond acceptors (Lipinski definition) is 3. The Morgan fingerprint density at radius 3 is 2.17 bits per heavy atom. The predicted octanol–water partition coefficient (Wildman–Crippen LogP) is 2.88. The molecule has 2 aromatic carbocycles. The van der Waals surface area contributed by atoms with E-state index < -0.39 is 0 Å². The smallest absolute Gasteiger partial charge is 0.251 e. The molecule has 29 heavy (non-hydrogen) atoms. The van der Waals surface area contributed by atoms with Gasteiger partial charge < -0.3 is 15.5 Å². The summed E-state index contributed by atoms with van der Waals surface area (Å²) in [5.41, 5.74) is 1.15. The molecule has 0 saturated carbocycles. The van der Waals surface area contributed by atoms with Crippen molar-refractivity contribution in [2.24, 2.45) is 0 Å². The van der Waals surface area contributed by atoms with Crippen molar-refractivity contribution in [2.75, 3.05) is 19.6 Å². The molecule has 0 aromatic heterocycles. The van der Waals surface area contributed by atoms with E-state index in [1.165, 1.54) is 0 Å². The van der Waals surface area contributed by atoms with Gasteiger partial charge >= 0.3 is 0 Å². The number of piperidine rings is 1. The fourth-order valence-corrected chi connectivity index (χ4v) is 3.40. The number of benzene rings is 2. The second kappa shape index (κ2) is 10.1. The highest BCUT2D eigenvalue weighted by Gasteiger charge is 2.24. The minimum atomic E-state index is -0.225. The first-order valence-electron chi connectivity index (χ1n) is 9.70. The van der Waals surface area contributed by atoms with Gasteiger partial charge in [-0.15, -0.1) is 0 Å². The van der Waals surface area contributed by atoms with Crippen LogP contribution in [0.5, 0.6) is 0 Å². The van der Waals surface area contributed by atoms with Gasteiger partial charge in [0.2, 0.25) is 5.91 Å². The van der Waals surface area contributed by atoms with E-state index in [2.05, 4.69) is 10.6 Å². The zero-order valence-electron chi connectivity index (χ0n) is 16.1. The molecule has 152 valence electrons. The summed E-state index contributed by atoms with van der Waals surface area (Å²) in [4.78, 5) is 38.5. The van der Waals surface area contributed by atoms with E-state index in [1.807, 2.05) is 18.2 Å². The van der Waals surface area contributed by atoms with Crippen molar-refractivity contribution in [3.05, 3.63) is 70.7 Å². The topological polar surface area (TPSA) is 78.5 Å². The average molecular weight is 414 g/mol. The van der Waals surface area contributed by atoms with Gasteiger partial charge in [-0.3, -0.25) is 14.4 Å². The van der Waals surface area contributed by atoms with Crippen LogP contribution in [0.3, 0.4) is 0 Å². The Kier molecular flexibility index (Phi) is 7.25. The Balaban J connectivity index is 1.37. The second-order valence-corrected chi connectivity index (χ2v) is 7.44. The molecule has 3 rings (SSSR count). The average Bonchev–Trinajstić information content (AvgIpc) is 2.75. The van der Waals surface area contributed by atoms with Gasteiger partial charge in [0.15, 0.2) is 0 Å². The Morgan fingerprint density at radius 2 is 1.52 bits per heavy atom. The quantitative estimate of drug-likeness (QED) is 0.764. The number of likely N-dealkylation sites (tertiary alicyclic amines) is 1. The van der Waals surface area contributed by atoms with Gasteiger partial charge in [0, 0.05) is 48.2 Å². The molecule has 1 aliphatic heterocycles. The zero-order chi connectivity index (χ0) is 20.6. The summed E-state index contributed by atoms with van der Waals surface area (Å²) in [5, 5.41) is 6.36. The maximum absolute atomic E-state index is 12.4. The van der Waals surface area contributed by atoms with Crippen LogP contribution in [-0.4, -0.2) is 48.3 Å². The maximum Gasteiger partial charge on any atom is 0.251 e. The summed E-state index contributed by atoms with van der Waals surface area (Å²) >= 11 is 5.81. The number of rotatable bonds is 6. The highest BCUT2D eigenvalue weighted by atomic mass is 35.5. The SMILES string of the molecule is O=C(NCCC(=O)N1CCC(NC(=O)c2ccccc2)CC1)c1ccc(Cl)cc1. The van der Waals surface area contributed by atoms with Gasteiger partial charge in [-0.1, -0.05) is 29.8 Å². The van der Waals surface area contributed by atoms with Gasteiger partial charge in [0.05, 0.1) is 0 Å². The minimum Gasteiger partial charge on any atom is -0.352 e. The van der Waals surface area contributed by atoms with Crippen LogP contribution >= 0.6 is 11.6 Å². The van der Waals surface area contributed by atoms with Crippen LogP contribution in [0.2, 0.25) is 5.02 Å². The van der Waals surface area contributed by atoms with Crippen molar-refractivity contribution in [1.82, 2.24) is 15.5 Å². The molecule has 0 unspecified atom stereocenters. The standard InChI is InChI=1S/C22H24ClN3O3/c23-18-8-6-17(7-9-18)21(28)24-13-10-20(27)26-14-11-19(12-15-26)25-22(29)16-4-2-1-3-5-16/h1-9,19H,10-15H2,(H,24,28)(H,25,29). The molecule has 0 aliphatic carbocycles. The van der Waals surface area contributed by atoms with Crippen LogP contribution in [0.4, 0.5) is 0 Å². The molecule has 1 aliphatic rings. The first-order valence-corrected chi connectivity index (χ1v) is 10.1. The Labute approximate surface area is 175 Å². The van der Waals surface area contributed by atoms with E-state index in [9.17, 15) is 14.4 Å². The van der Waals surface area contributed by atoms with Crippen LogP contribution in [0, 0.1) is 0 Å². The van der Waals surface area contributed by atoms with Crippen LogP contribution in [0.1, 0.15) is 40.0 Å². The highest BCUT2D eigenvalue weighted by molar-refractivity contribution is 6.30. The van der Waals surface area contributed by atoms with Gasteiger partial charge in [-0.2, -0.15) is 0 Å². The van der Waals surface area contributed by atoms with E-state index in [4.69, 9.17) is 11.6 Å². The van der Waals surface area contributed by atoms with Gasteiger partial charge in [-0.05, 0) is 49.2 Å². The van der Waals surface area contributed by atoms with Crippen LogP contribution in [0.15, 0.2) is 54.6 Å². The molecule has 0 atom stereocenters. The number of carbonyl (C=O) groups is 3. The molecular weight excluding hydrogens is 390 g/mol. The molecule has 6 nitrogen and oxygen atoms in total. The molecule has 2 aromatic rings. The van der Waals surface area contributed by atoms with Gasteiger partial charge in [0.1, 0.15) is 0 Å². The lowest BCUT2D eigenvalue weighted by Crippen LogP contribution is -2.47. The number of carbonyl (C=O) groups excluding carboxylic acids is 3. The molecule has 0 bridgehead atoms. The first kappa shape index (κ1) is 20.9. The van der Waals surface area contributed by atoms with Crippen molar-refractivity contribution in [2.45, 2.75) is 25.3 Å². The van der Waals surface area contributed by atoms with Gasteiger partial charge in [0.25, 0.3) is 11.8 Å². The summed E-state index contributed by atoms with van der Waals surface area (Å²) in [6.45, 7) is 1.48. The summed E-state index contributed by atoms with van der Waals surface area (Å²) < 4.78 is 0. The normalized spacial score (nSPS) is 14.3. The number of halogens is 1. The van der Waals surface area contributed by atoms with E-state index >= 15 is 0 Å². The van der Waals surface area contributed by atoms with Crippen molar-refractivity contribution < 1.29 is 14.4 Å². The number of hydrogen-bond donors (Lipinski definition) is 2. The summed E-state index contributed by atoms with van der Waals surface area (Å²) in [6, 6.07) is 15.8. The fourth-order valence-electron chi connectivity index (χ4n) is 3.28. The molecule has 2 N–H and O–H groups in total. The van der Waals surface area contributed by atoms with E-state index in [0.717, 1.165) is 12.8 Å². The fraction of sp³-hybridized carbons (Fsp3) is 0.318. The predicted molar refractivity (Wildman–Crippen MR) is 112 cm³/mol. The molecule has 1 saturated heterocycles. The lowest BCUT2D eigenvalue weighted by Gasteiger charge is -2.32. The largest absolute Gasteiger partial charge is 0.352 e. The molecule has 7 heteroatoms. The van der Waals surface area contributed by atoms with Crippen molar-refractivity contribution in [3.63, 3.8) is 0 Å². The first-order chi connectivity index (χ1) is 14.0. The third-order valence-corrected chi connectivity index (χ3v) is 5.20. The van der Waals surface area contributed by atoms with E-state index in [1.54, 1.807) is 41.3 Å². The maximum atomic E-state index is 12.4. The molecule has 1 fully saturated rings. The van der Waals surface area contributed by atoms with Crippen molar-refractivity contribution in [3.8, 4) is 0 Å². The van der Waals surface area contributed by atoms with Crippen LogP contribution in [-0.2, 0) is 4.79 Å². The Bertz CT molecular complexity index is 847. The Morgan fingerprint density at radius 1 is 0.897 bits per heavy atom. The summed E-state index contributed by atoms with van der Waals surface area (Å²) in [5.74, 6) is -0.300. The molecule has 0 spiro atoms. The number of nitrogens with zero attached hydrogens (tertiary/aromatic N) is 1. The second-order valence-electron chi connectivity index (χ2n) is 7.01. The third kappa shape index (κ3) is 6.06. The minimum absolute atomic E-state index is 0.00856. The zero-order valence-corrected chi connectivity index (χ0v) is 16.8. The number of nitrogens with one attached hydrogen (secondary N) is 2. The van der Waals surface area contributed by atoms with E-state index in [0.29, 0.717) is 29.2 Å². The monoisotopic (exact) mass is 413 g/mol. The van der Waals surface area contributed by atoms with Crippen molar-refractivity contribution in [1.29, 1.82) is 0 Å².